The molecule has 0 bridgehead atoms. The van der Waals surface area contributed by atoms with Gasteiger partial charge in [-0.05, 0) is 31.0 Å². The summed E-state index contributed by atoms with van der Waals surface area (Å²) in [5.74, 6) is 0.532. The predicted molar refractivity (Wildman–Crippen MR) is 82.1 cm³/mol. The number of benzene rings is 1. The fourth-order valence-corrected chi connectivity index (χ4v) is 2.80. The van der Waals surface area contributed by atoms with Gasteiger partial charge in [-0.15, -0.1) is 0 Å². The highest BCUT2D eigenvalue weighted by atomic mass is 16.2. The Morgan fingerprint density at radius 2 is 2.19 bits per heavy atom. The molecule has 5 nitrogen and oxygen atoms in total. The molecule has 0 aliphatic carbocycles. The van der Waals surface area contributed by atoms with E-state index < -0.39 is 0 Å². The maximum atomic E-state index is 12.3. The largest absolute Gasteiger partial charge is 0.376 e. The number of nitrogens with one attached hydrogen (secondary N) is 2. The first-order valence-corrected chi connectivity index (χ1v) is 7.39. The van der Waals surface area contributed by atoms with Crippen LogP contribution in [0.1, 0.15) is 24.5 Å². The molecule has 2 heterocycles. The third kappa shape index (κ3) is 3.42. The minimum Gasteiger partial charge on any atom is -0.376 e. The van der Waals surface area contributed by atoms with Gasteiger partial charge in [-0.2, -0.15) is 5.10 Å². The maximum Gasteiger partial charge on any atom is 0.241 e. The Balaban J connectivity index is 1.55. The molecule has 0 saturated carbocycles. The summed E-state index contributed by atoms with van der Waals surface area (Å²) in [7, 11) is 0. The lowest BCUT2D eigenvalue weighted by Crippen LogP contribution is -2.42. The number of H-pyrrole nitrogens is 1. The standard InChI is InChI=1S/C16H20N4O/c21-16(11-17-14-6-2-1-3-7-14)20-10-4-5-13(12-20)15-8-9-18-19-15/h1-3,6-9,13,17H,4-5,10-12H2,(H,18,19). The van der Waals surface area contributed by atoms with Crippen LogP contribution in [0.3, 0.4) is 0 Å². The van der Waals surface area contributed by atoms with Crippen LogP contribution in [0.15, 0.2) is 42.6 Å². The van der Waals surface area contributed by atoms with Gasteiger partial charge in [0.15, 0.2) is 0 Å². The second-order valence-corrected chi connectivity index (χ2v) is 5.41. The number of rotatable bonds is 4. The summed E-state index contributed by atoms with van der Waals surface area (Å²) in [4.78, 5) is 14.3. The lowest BCUT2D eigenvalue weighted by molar-refractivity contribution is -0.130. The summed E-state index contributed by atoms with van der Waals surface area (Å²) < 4.78 is 0. The van der Waals surface area contributed by atoms with Crippen molar-refractivity contribution in [2.45, 2.75) is 18.8 Å². The number of para-hydroxylation sites is 1. The van der Waals surface area contributed by atoms with Crippen LogP contribution in [-0.2, 0) is 4.79 Å². The Bertz CT molecular complexity index is 567. The monoisotopic (exact) mass is 284 g/mol. The van der Waals surface area contributed by atoms with Crippen LogP contribution in [0.4, 0.5) is 5.69 Å². The normalized spacial score (nSPS) is 18.5. The minimum atomic E-state index is 0.156. The van der Waals surface area contributed by atoms with E-state index in [-0.39, 0.29) is 5.91 Å². The van der Waals surface area contributed by atoms with Crippen molar-refractivity contribution < 1.29 is 4.79 Å². The fourth-order valence-electron chi connectivity index (χ4n) is 2.80. The number of anilines is 1. The Morgan fingerprint density at radius 1 is 1.33 bits per heavy atom. The van der Waals surface area contributed by atoms with Gasteiger partial charge in [0.25, 0.3) is 0 Å². The Labute approximate surface area is 124 Å². The number of piperidine rings is 1. The average molecular weight is 284 g/mol. The van der Waals surface area contributed by atoms with Crippen molar-refractivity contribution >= 4 is 11.6 Å². The van der Waals surface area contributed by atoms with Crippen molar-refractivity contribution in [1.29, 1.82) is 0 Å². The molecule has 110 valence electrons. The van der Waals surface area contributed by atoms with E-state index in [1.807, 2.05) is 41.3 Å². The lowest BCUT2D eigenvalue weighted by atomic mass is 9.95. The summed E-state index contributed by atoms with van der Waals surface area (Å²) >= 11 is 0. The molecule has 1 saturated heterocycles. The first-order chi connectivity index (χ1) is 10.3. The van der Waals surface area contributed by atoms with Gasteiger partial charge in [0.2, 0.25) is 5.91 Å². The summed E-state index contributed by atoms with van der Waals surface area (Å²) in [5.41, 5.74) is 2.11. The van der Waals surface area contributed by atoms with Crippen molar-refractivity contribution in [3.8, 4) is 0 Å². The van der Waals surface area contributed by atoms with Gasteiger partial charge >= 0.3 is 0 Å². The van der Waals surface area contributed by atoms with E-state index in [1.165, 1.54) is 0 Å². The van der Waals surface area contributed by atoms with Crippen LogP contribution in [0, 0.1) is 0 Å². The molecule has 1 aliphatic heterocycles. The predicted octanol–water partition coefficient (Wildman–Crippen LogP) is 2.23. The number of aromatic amines is 1. The molecule has 0 spiro atoms. The Hall–Kier alpha value is -2.30. The summed E-state index contributed by atoms with van der Waals surface area (Å²) in [6, 6.07) is 11.8. The van der Waals surface area contributed by atoms with E-state index in [4.69, 9.17) is 0 Å². The first-order valence-electron chi connectivity index (χ1n) is 7.39. The second-order valence-electron chi connectivity index (χ2n) is 5.41. The molecule has 1 atom stereocenters. The Morgan fingerprint density at radius 3 is 2.95 bits per heavy atom. The quantitative estimate of drug-likeness (QED) is 0.905. The molecule has 1 unspecified atom stereocenters. The highest BCUT2D eigenvalue weighted by Gasteiger charge is 2.25. The summed E-state index contributed by atoms with van der Waals surface area (Å²) in [6.45, 7) is 1.97. The number of carbonyl (C=O) groups is 1. The fraction of sp³-hybridized carbons (Fsp3) is 0.375. The number of hydrogen-bond donors (Lipinski definition) is 2. The SMILES string of the molecule is O=C(CNc1ccccc1)N1CCCC(c2ccn[nH]2)C1. The molecule has 1 aliphatic rings. The van der Waals surface area contributed by atoms with E-state index in [1.54, 1.807) is 6.20 Å². The topological polar surface area (TPSA) is 61.0 Å². The minimum absolute atomic E-state index is 0.156. The van der Waals surface area contributed by atoms with E-state index in [0.29, 0.717) is 12.5 Å². The van der Waals surface area contributed by atoms with E-state index in [2.05, 4.69) is 15.5 Å². The van der Waals surface area contributed by atoms with Crippen molar-refractivity contribution in [2.24, 2.45) is 0 Å². The third-order valence-corrected chi connectivity index (χ3v) is 3.95. The zero-order chi connectivity index (χ0) is 14.5. The third-order valence-electron chi connectivity index (χ3n) is 3.95. The van der Waals surface area contributed by atoms with Gasteiger partial charge < -0.3 is 10.2 Å². The molecular weight excluding hydrogens is 264 g/mol. The number of hydrogen-bond acceptors (Lipinski definition) is 3. The van der Waals surface area contributed by atoms with Crippen LogP contribution in [-0.4, -0.2) is 40.6 Å². The number of carbonyl (C=O) groups excluding carboxylic acids is 1. The van der Waals surface area contributed by atoms with Gasteiger partial charge in [-0.1, -0.05) is 18.2 Å². The zero-order valence-corrected chi connectivity index (χ0v) is 12.0. The molecule has 2 aromatic rings. The van der Waals surface area contributed by atoms with Crippen molar-refractivity contribution in [2.75, 3.05) is 25.0 Å². The average Bonchev–Trinajstić information content (AvgIpc) is 3.08. The molecule has 3 rings (SSSR count). The number of amides is 1. The summed E-state index contributed by atoms with van der Waals surface area (Å²) in [5, 5.41) is 10.2. The lowest BCUT2D eigenvalue weighted by Gasteiger charge is -2.32. The number of likely N-dealkylation sites (tertiary alicyclic amines) is 1. The van der Waals surface area contributed by atoms with Crippen molar-refractivity contribution in [3.63, 3.8) is 0 Å². The van der Waals surface area contributed by atoms with Gasteiger partial charge in [-0.25, -0.2) is 0 Å². The molecular formula is C16H20N4O. The van der Waals surface area contributed by atoms with E-state index in [0.717, 1.165) is 37.3 Å². The highest BCUT2D eigenvalue weighted by Crippen LogP contribution is 2.25. The molecule has 0 radical (unpaired) electrons. The van der Waals surface area contributed by atoms with Crippen LogP contribution >= 0.6 is 0 Å². The molecule has 5 heteroatoms. The second kappa shape index (κ2) is 6.43. The molecule has 1 aromatic heterocycles. The molecule has 1 amide bonds. The Kier molecular flexibility index (Phi) is 4.19. The first kappa shape index (κ1) is 13.7. The molecule has 1 fully saturated rings. The van der Waals surface area contributed by atoms with Gasteiger partial charge in [-0.3, -0.25) is 9.89 Å². The van der Waals surface area contributed by atoms with E-state index >= 15 is 0 Å². The summed E-state index contributed by atoms with van der Waals surface area (Å²) in [6.07, 6.45) is 3.92. The van der Waals surface area contributed by atoms with Gasteiger partial charge in [0.1, 0.15) is 0 Å². The molecule has 1 aromatic carbocycles. The van der Waals surface area contributed by atoms with Crippen molar-refractivity contribution in [1.82, 2.24) is 15.1 Å². The van der Waals surface area contributed by atoms with Crippen molar-refractivity contribution in [3.05, 3.63) is 48.3 Å². The van der Waals surface area contributed by atoms with Gasteiger partial charge in [0.05, 0.1) is 6.54 Å². The van der Waals surface area contributed by atoms with Crippen LogP contribution in [0.2, 0.25) is 0 Å². The van der Waals surface area contributed by atoms with Crippen LogP contribution in [0.25, 0.3) is 0 Å². The van der Waals surface area contributed by atoms with E-state index in [9.17, 15) is 4.79 Å². The number of nitrogens with zero attached hydrogens (tertiary/aromatic N) is 2. The zero-order valence-electron chi connectivity index (χ0n) is 12.0. The smallest absolute Gasteiger partial charge is 0.241 e. The molecule has 2 N–H and O–H groups in total. The highest BCUT2D eigenvalue weighted by molar-refractivity contribution is 5.81. The maximum absolute atomic E-state index is 12.3. The van der Waals surface area contributed by atoms with Crippen LogP contribution < -0.4 is 5.32 Å². The molecule has 21 heavy (non-hydrogen) atoms. The number of aromatic nitrogens is 2. The van der Waals surface area contributed by atoms with Gasteiger partial charge in [0, 0.05) is 36.6 Å². The van der Waals surface area contributed by atoms with Crippen LogP contribution in [0.5, 0.6) is 0 Å².